The van der Waals surface area contributed by atoms with Gasteiger partial charge in [-0.05, 0) is 21.6 Å². The van der Waals surface area contributed by atoms with Gasteiger partial charge in [-0.3, -0.25) is 0 Å². The van der Waals surface area contributed by atoms with Crippen LogP contribution in [-0.2, 0) is 13.9 Å². The first-order valence-electron chi connectivity index (χ1n) is 6.84. The van der Waals surface area contributed by atoms with E-state index in [1.54, 1.807) is 0 Å². The second-order valence-corrected chi connectivity index (χ2v) is 8.26. The van der Waals surface area contributed by atoms with Crippen LogP contribution in [0.4, 0.5) is 0 Å². The molecule has 0 aromatic rings. The average Bonchev–Trinajstić information content (AvgIpc) is 2.28. The van der Waals surface area contributed by atoms with Crippen LogP contribution >= 0.6 is 15.2 Å². The first kappa shape index (κ1) is 20.3. The molecule has 122 valence electrons. The second-order valence-electron chi connectivity index (χ2n) is 4.75. The third-order valence-corrected chi connectivity index (χ3v) is 5.88. The summed E-state index contributed by atoms with van der Waals surface area (Å²) in [5.41, 5.74) is -2.78. The van der Waals surface area contributed by atoms with Crippen LogP contribution in [0.2, 0.25) is 0 Å². The predicted octanol–water partition coefficient (Wildman–Crippen LogP) is 0.255. The summed E-state index contributed by atoms with van der Waals surface area (Å²) in [5, 5.41) is 0. The van der Waals surface area contributed by atoms with Gasteiger partial charge < -0.3 is 33.4 Å². The normalized spacial score (nSPS) is 13.1. The molecule has 0 aliphatic carbocycles. The average molecular weight is 328 g/mol. The molecule has 0 radical (unpaired) electrons. The number of hydrogen-bond donors (Lipinski definition) is 0. The zero-order chi connectivity index (χ0) is 15.6. The molecule has 20 heavy (non-hydrogen) atoms. The standard InChI is InChI=1S/C11H26O7P2/c1-2-3-4-5-6-7-8-9-10-18-11(19(12,13)14)20(15,16)17/h11H,2-10H2,1H3,(H2,12,13,14)(H2,15,16,17)/p-4. The molecule has 0 saturated heterocycles. The number of unbranched alkanes of at least 4 members (excludes halogenated alkanes) is 7. The van der Waals surface area contributed by atoms with Crippen molar-refractivity contribution in [2.24, 2.45) is 0 Å². The first-order valence-corrected chi connectivity index (χ1v) is 10.1. The van der Waals surface area contributed by atoms with Crippen molar-refractivity contribution in [1.29, 1.82) is 0 Å². The van der Waals surface area contributed by atoms with Crippen LogP contribution in [0, 0.1) is 0 Å². The SMILES string of the molecule is CCCCCCCCCCOC(P(=O)([O-])[O-])P(=O)([O-])[O-]. The Morgan fingerprint density at radius 1 is 0.800 bits per heavy atom. The minimum absolute atomic E-state index is 0.220. The maximum Gasteiger partial charge on any atom is 0.110 e. The fraction of sp³-hybridized carbons (Fsp3) is 1.00. The lowest BCUT2D eigenvalue weighted by Gasteiger charge is -2.48. The summed E-state index contributed by atoms with van der Waals surface area (Å²) in [6.07, 6.45) is 7.82. The monoisotopic (exact) mass is 328 g/mol. The topological polar surface area (TPSA) is 136 Å². The van der Waals surface area contributed by atoms with Gasteiger partial charge in [0.15, 0.2) is 0 Å². The van der Waals surface area contributed by atoms with E-state index in [9.17, 15) is 28.7 Å². The molecule has 0 N–H and O–H groups in total. The summed E-state index contributed by atoms with van der Waals surface area (Å²) < 4.78 is 25.7. The van der Waals surface area contributed by atoms with Gasteiger partial charge in [0, 0.05) is 6.61 Å². The Balaban J connectivity index is 3.77. The maximum absolute atomic E-state index is 10.6. The Morgan fingerprint density at radius 3 is 1.60 bits per heavy atom. The van der Waals surface area contributed by atoms with Gasteiger partial charge >= 0.3 is 0 Å². The molecule has 0 saturated carbocycles. The molecule has 0 fully saturated rings. The van der Waals surface area contributed by atoms with E-state index < -0.39 is 20.8 Å². The molecule has 0 atom stereocenters. The first-order chi connectivity index (χ1) is 9.19. The van der Waals surface area contributed by atoms with E-state index in [0.29, 0.717) is 6.42 Å². The van der Waals surface area contributed by atoms with Gasteiger partial charge in [-0.1, -0.05) is 51.9 Å². The highest BCUT2D eigenvalue weighted by Gasteiger charge is 2.17. The molecule has 0 aliphatic rings. The summed E-state index contributed by atoms with van der Waals surface area (Å²) in [7, 11) is -11.2. The van der Waals surface area contributed by atoms with Crippen molar-refractivity contribution in [3.8, 4) is 0 Å². The zero-order valence-electron chi connectivity index (χ0n) is 11.7. The Hall–Kier alpha value is 0.260. The summed E-state index contributed by atoms with van der Waals surface area (Å²) in [5.74, 6) is 0. The van der Waals surface area contributed by atoms with E-state index >= 15 is 0 Å². The summed E-state index contributed by atoms with van der Waals surface area (Å²) in [6.45, 7) is 1.91. The lowest BCUT2D eigenvalue weighted by molar-refractivity contribution is -0.340. The van der Waals surface area contributed by atoms with Crippen molar-refractivity contribution in [2.75, 3.05) is 6.61 Å². The number of rotatable bonds is 12. The van der Waals surface area contributed by atoms with Crippen molar-refractivity contribution in [2.45, 2.75) is 63.9 Å². The Morgan fingerprint density at radius 2 is 1.20 bits per heavy atom. The molecule has 0 aliphatic heterocycles. The van der Waals surface area contributed by atoms with Gasteiger partial charge in [-0.25, -0.2) is 0 Å². The van der Waals surface area contributed by atoms with Gasteiger partial charge in [0.25, 0.3) is 0 Å². The van der Waals surface area contributed by atoms with Crippen LogP contribution in [0.5, 0.6) is 0 Å². The highest BCUT2D eigenvalue weighted by atomic mass is 31.2. The van der Waals surface area contributed by atoms with Crippen LogP contribution in [0.25, 0.3) is 0 Å². The van der Waals surface area contributed by atoms with Gasteiger partial charge in [0.2, 0.25) is 0 Å². The van der Waals surface area contributed by atoms with Crippen molar-refractivity contribution >= 4 is 15.2 Å². The van der Waals surface area contributed by atoms with Gasteiger partial charge in [0.1, 0.15) is 5.59 Å². The molecule has 0 rings (SSSR count). The van der Waals surface area contributed by atoms with Crippen LogP contribution in [0.15, 0.2) is 0 Å². The highest BCUT2D eigenvalue weighted by Crippen LogP contribution is 2.50. The van der Waals surface area contributed by atoms with Gasteiger partial charge in [-0.15, -0.1) is 0 Å². The van der Waals surface area contributed by atoms with Gasteiger partial charge in [0.05, 0.1) is 0 Å². The molecule has 7 nitrogen and oxygen atoms in total. The maximum atomic E-state index is 10.6. The van der Waals surface area contributed by atoms with Crippen LogP contribution in [-0.4, -0.2) is 12.2 Å². The van der Waals surface area contributed by atoms with E-state index in [1.165, 1.54) is 19.3 Å². The van der Waals surface area contributed by atoms with Crippen molar-refractivity contribution in [1.82, 2.24) is 0 Å². The van der Waals surface area contributed by atoms with Crippen molar-refractivity contribution < 1.29 is 33.4 Å². The molecule has 0 heterocycles. The van der Waals surface area contributed by atoms with Crippen LogP contribution in [0.3, 0.4) is 0 Å². The van der Waals surface area contributed by atoms with E-state index in [0.717, 1.165) is 25.7 Å². The van der Waals surface area contributed by atoms with Gasteiger partial charge in [-0.2, -0.15) is 0 Å². The molecule has 9 heteroatoms. The number of hydrogen-bond acceptors (Lipinski definition) is 7. The van der Waals surface area contributed by atoms with E-state index in [4.69, 9.17) is 0 Å². The number of ether oxygens (including phenoxy) is 1. The second kappa shape index (κ2) is 10.1. The molecular weight excluding hydrogens is 306 g/mol. The van der Waals surface area contributed by atoms with E-state index in [2.05, 4.69) is 11.7 Å². The third kappa shape index (κ3) is 10.1. The lowest BCUT2D eigenvalue weighted by Crippen LogP contribution is -2.36. The summed E-state index contributed by atoms with van der Waals surface area (Å²) in [4.78, 5) is 42.5. The fourth-order valence-electron chi connectivity index (χ4n) is 1.78. The molecule has 0 aromatic carbocycles. The molecule has 0 unspecified atom stereocenters. The smallest absolute Gasteiger partial charge is 0.110 e. The zero-order valence-corrected chi connectivity index (χ0v) is 13.5. The quantitative estimate of drug-likeness (QED) is 0.370. The molecule has 0 aromatic heterocycles. The molecule has 0 amide bonds. The lowest BCUT2D eigenvalue weighted by atomic mass is 10.1. The highest BCUT2D eigenvalue weighted by molar-refractivity contribution is 7.67. The Kier molecular flexibility index (Phi) is 10.2. The van der Waals surface area contributed by atoms with Crippen molar-refractivity contribution in [3.05, 3.63) is 0 Å². The molecular formula is C11H22O7P2-4. The van der Waals surface area contributed by atoms with Crippen molar-refractivity contribution in [3.63, 3.8) is 0 Å². The summed E-state index contributed by atoms with van der Waals surface area (Å²) in [6, 6.07) is 0. The minimum atomic E-state index is -5.58. The summed E-state index contributed by atoms with van der Waals surface area (Å²) >= 11 is 0. The third-order valence-electron chi connectivity index (χ3n) is 2.81. The largest absolute Gasteiger partial charge is 0.809 e. The van der Waals surface area contributed by atoms with E-state index in [1.807, 2.05) is 0 Å². The molecule has 0 bridgehead atoms. The van der Waals surface area contributed by atoms with Crippen LogP contribution < -0.4 is 19.6 Å². The van der Waals surface area contributed by atoms with Crippen LogP contribution in [0.1, 0.15) is 58.3 Å². The fourth-order valence-corrected chi connectivity index (χ4v) is 3.74. The predicted molar refractivity (Wildman–Crippen MR) is 67.6 cm³/mol. The minimum Gasteiger partial charge on any atom is -0.809 e. The molecule has 0 spiro atoms. The van der Waals surface area contributed by atoms with E-state index in [-0.39, 0.29) is 6.61 Å². The Bertz CT molecular complexity index is 314. The Labute approximate surface area is 120 Å².